The summed E-state index contributed by atoms with van der Waals surface area (Å²) in [7, 11) is 0. The number of fused-ring (bicyclic) bond motifs is 1. The van der Waals surface area contributed by atoms with Gasteiger partial charge in [-0.15, -0.1) is 0 Å². The molecule has 0 aliphatic rings. The molecule has 0 fully saturated rings. The van der Waals surface area contributed by atoms with Crippen molar-refractivity contribution in [3.05, 3.63) is 62.6 Å². The summed E-state index contributed by atoms with van der Waals surface area (Å²) in [6.07, 6.45) is 0. The van der Waals surface area contributed by atoms with Gasteiger partial charge in [0, 0.05) is 5.92 Å². The number of hydrogen-bond donors (Lipinski definition) is 2. The molecular formula is C15H13NO2S. The van der Waals surface area contributed by atoms with E-state index in [9.17, 15) is 9.90 Å². The maximum atomic E-state index is 11.3. The lowest BCUT2D eigenvalue weighted by atomic mass is 9.97. The Labute approximate surface area is 114 Å². The summed E-state index contributed by atoms with van der Waals surface area (Å²) in [5.74, 6) is -0.0239. The first kappa shape index (κ1) is 12.0. The van der Waals surface area contributed by atoms with Crippen molar-refractivity contribution in [1.29, 1.82) is 0 Å². The lowest BCUT2D eigenvalue weighted by Gasteiger charge is -2.11. The highest BCUT2D eigenvalue weighted by Crippen LogP contribution is 2.32. The van der Waals surface area contributed by atoms with Crippen LogP contribution in [0, 0.1) is 0 Å². The van der Waals surface area contributed by atoms with Crippen molar-refractivity contribution in [3.63, 3.8) is 0 Å². The van der Waals surface area contributed by atoms with Gasteiger partial charge in [0.25, 0.3) is 0 Å². The first-order valence-corrected chi connectivity index (χ1v) is 6.87. The van der Waals surface area contributed by atoms with Crippen LogP contribution in [0.1, 0.15) is 23.3 Å². The summed E-state index contributed by atoms with van der Waals surface area (Å²) < 4.78 is 0. The molecule has 2 aromatic carbocycles. The Bertz CT molecular complexity index is 788. The minimum Gasteiger partial charge on any atom is -0.494 e. The Morgan fingerprint density at radius 2 is 1.89 bits per heavy atom. The Hall–Kier alpha value is -2.07. The van der Waals surface area contributed by atoms with Crippen LogP contribution in [-0.4, -0.2) is 10.1 Å². The zero-order valence-electron chi connectivity index (χ0n) is 10.4. The predicted molar refractivity (Wildman–Crippen MR) is 78.1 cm³/mol. The fourth-order valence-corrected chi connectivity index (χ4v) is 3.06. The quantitative estimate of drug-likeness (QED) is 0.750. The number of rotatable bonds is 2. The maximum Gasteiger partial charge on any atom is 0.307 e. The van der Waals surface area contributed by atoms with Gasteiger partial charge in [0.1, 0.15) is 0 Å². The van der Waals surface area contributed by atoms with E-state index in [0.717, 1.165) is 22.3 Å². The average molecular weight is 271 g/mol. The van der Waals surface area contributed by atoms with E-state index in [1.807, 2.05) is 25.1 Å². The second-order valence-corrected chi connectivity index (χ2v) is 5.57. The number of nitrogens with one attached hydrogen (secondary N) is 1. The van der Waals surface area contributed by atoms with Gasteiger partial charge in [0.15, 0.2) is 0 Å². The fraction of sp³-hybridized carbons (Fsp3) is 0.133. The van der Waals surface area contributed by atoms with Crippen LogP contribution in [0.25, 0.3) is 10.8 Å². The zero-order chi connectivity index (χ0) is 13.4. The normalized spacial score (nSPS) is 12.7. The standard InChI is InChI=1S/C15H13NO2S/c1-9(13-14(17)16-15(18)19-13)11-7-6-10-4-2-3-5-12(10)8-11/h2-9,17H,1H3,(H,16,18). The summed E-state index contributed by atoms with van der Waals surface area (Å²) in [5.41, 5.74) is 1.09. The van der Waals surface area contributed by atoms with Crippen LogP contribution in [0.4, 0.5) is 0 Å². The molecule has 1 heterocycles. The number of aromatic amines is 1. The van der Waals surface area contributed by atoms with Crippen LogP contribution in [0.15, 0.2) is 47.3 Å². The summed E-state index contributed by atoms with van der Waals surface area (Å²) in [6, 6.07) is 14.3. The highest BCUT2D eigenvalue weighted by molar-refractivity contribution is 7.09. The molecule has 19 heavy (non-hydrogen) atoms. The molecule has 3 nitrogen and oxygen atoms in total. The Balaban J connectivity index is 2.08. The largest absolute Gasteiger partial charge is 0.494 e. The molecule has 0 bridgehead atoms. The minimum atomic E-state index is -0.222. The van der Waals surface area contributed by atoms with Gasteiger partial charge in [-0.25, -0.2) is 0 Å². The van der Waals surface area contributed by atoms with Gasteiger partial charge in [0.2, 0.25) is 5.88 Å². The van der Waals surface area contributed by atoms with E-state index in [1.165, 1.54) is 5.39 Å². The molecular weight excluding hydrogens is 258 g/mol. The number of benzene rings is 2. The SMILES string of the molecule is CC(c1ccc2ccccc2c1)c1sc(=O)[nH]c1O. The van der Waals surface area contributed by atoms with Crippen molar-refractivity contribution in [3.8, 4) is 5.88 Å². The smallest absolute Gasteiger partial charge is 0.307 e. The van der Waals surface area contributed by atoms with Crippen molar-refractivity contribution >= 4 is 22.1 Å². The van der Waals surface area contributed by atoms with Crippen LogP contribution in [0.5, 0.6) is 5.88 Å². The third-order valence-electron chi connectivity index (χ3n) is 3.32. The number of hydrogen-bond acceptors (Lipinski definition) is 3. The molecule has 96 valence electrons. The molecule has 1 aromatic heterocycles. The van der Waals surface area contributed by atoms with Gasteiger partial charge in [-0.05, 0) is 16.3 Å². The molecule has 0 aliphatic carbocycles. The van der Waals surface area contributed by atoms with E-state index >= 15 is 0 Å². The van der Waals surface area contributed by atoms with Crippen molar-refractivity contribution in [2.24, 2.45) is 0 Å². The number of thiazole rings is 1. The van der Waals surface area contributed by atoms with E-state index in [-0.39, 0.29) is 16.7 Å². The molecule has 1 unspecified atom stereocenters. The third-order valence-corrected chi connectivity index (χ3v) is 4.38. The monoisotopic (exact) mass is 271 g/mol. The highest BCUT2D eigenvalue weighted by atomic mass is 32.1. The van der Waals surface area contributed by atoms with Gasteiger partial charge in [-0.2, -0.15) is 0 Å². The van der Waals surface area contributed by atoms with Crippen LogP contribution < -0.4 is 4.87 Å². The highest BCUT2D eigenvalue weighted by Gasteiger charge is 2.16. The van der Waals surface area contributed by atoms with Crippen molar-refractivity contribution in [1.82, 2.24) is 4.98 Å². The summed E-state index contributed by atoms with van der Waals surface area (Å²) in [4.78, 5) is 14.1. The molecule has 0 saturated carbocycles. The Morgan fingerprint density at radius 1 is 1.16 bits per heavy atom. The van der Waals surface area contributed by atoms with Gasteiger partial charge in [-0.3, -0.25) is 9.78 Å². The molecule has 3 aromatic rings. The Morgan fingerprint density at radius 3 is 2.58 bits per heavy atom. The summed E-state index contributed by atoms with van der Waals surface area (Å²) in [5, 5.41) is 12.1. The third kappa shape index (κ3) is 2.15. The number of aromatic hydroxyl groups is 1. The molecule has 0 amide bonds. The lowest BCUT2D eigenvalue weighted by Crippen LogP contribution is -1.93. The van der Waals surface area contributed by atoms with E-state index < -0.39 is 0 Å². The second-order valence-electron chi connectivity index (χ2n) is 4.56. The lowest BCUT2D eigenvalue weighted by molar-refractivity contribution is 0.448. The van der Waals surface area contributed by atoms with Crippen LogP contribution in [0.2, 0.25) is 0 Å². The van der Waals surface area contributed by atoms with Gasteiger partial charge < -0.3 is 5.11 Å². The van der Waals surface area contributed by atoms with E-state index in [1.54, 1.807) is 0 Å². The second kappa shape index (κ2) is 4.55. The van der Waals surface area contributed by atoms with E-state index in [0.29, 0.717) is 4.88 Å². The van der Waals surface area contributed by atoms with E-state index in [2.05, 4.69) is 29.2 Å². The molecule has 2 N–H and O–H groups in total. The number of aromatic nitrogens is 1. The van der Waals surface area contributed by atoms with Crippen molar-refractivity contribution in [2.75, 3.05) is 0 Å². The first-order chi connectivity index (χ1) is 9.15. The van der Waals surface area contributed by atoms with Crippen LogP contribution >= 0.6 is 11.3 Å². The van der Waals surface area contributed by atoms with Gasteiger partial charge >= 0.3 is 4.87 Å². The van der Waals surface area contributed by atoms with E-state index in [4.69, 9.17) is 0 Å². The summed E-state index contributed by atoms with van der Waals surface area (Å²) in [6.45, 7) is 1.99. The molecule has 0 spiro atoms. The van der Waals surface area contributed by atoms with Crippen molar-refractivity contribution in [2.45, 2.75) is 12.8 Å². The van der Waals surface area contributed by atoms with Crippen LogP contribution in [-0.2, 0) is 0 Å². The van der Waals surface area contributed by atoms with Crippen LogP contribution in [0.3, 0.4) is 0 Å². The molecule has 0 radical (unpaired) electrons. The maximum absolute atomic E-state index is 11.3. The predicted octanol–water partition coefficient (Wildman–Crippen LogP) is 3.45. The molecule has 3 rings (SSSR count). The number of H-pyrrole nitrogens is 1. The zero-order valence-corrected chi connectivity index (χ0v) is 11.2. The van der Waals surface area contributed by atoms with Gasteiger partial charge in [0.05, 0.1) is 4.88 Å². The molecule has 0 saturated heterocycles. The molecule has 1 atom stereocenters. The topological polar surface area (TPSA) is 53.1 Å². The molecule has 4 heteroatoms. The first-order valence-electron chi connectivity index (χ1n) is 6.06. The average Bonchev–Trinajstić information content (AvgIpc) is 2.76. The summed E-state index contributed by atoms with van der Waals surface area (Å²) >= 11 is 1.06. The molecule has 0 aliphatic heterocycles. The fourth-order valence-electron chi connectivity index (χ4n) is 2.25. The van der Waals surface area contributed by atoms with Gasteiger partial charge in [-0.1, -0.05) is 60.7 Å². The van der Waals surface area contributed by atoms with Crippen molar-refractivity contribution < 1.29 is 5.11 Å². The Kier molecular flexibility index (Phi) is 2.87. The minimum absolute atomic E-state index is 0.00597.